The summed E-state index contributed by atoms with van der Waals surface area (Å²) < 4.78 is 39.5. The van der Waals surface area contributed by atoms with Crippen LogP contribution < -0.4 is 0 Å². The third-order valence-electron chi connectivity index (χ3n) is 4.54. The van der Waals surface area contributed by atoms with Gasteiger partial charge in [0.2, 0.25) is 0 Å². The second-order valence-corrected chi connectivity index (χ2v) is 6.12. The van der Waals surface area contributed by atoms with Gasteiger partial charge in [0.1, 0.15) is 0 Å². The minimum Gasteiger partial charge on any atom is -0.299 e. The van der Waals surface area contributed by atoms with Crippen molar-refractivity contribution in [3.05, 3.63) is 71.3 Å². The lowest BCUT2D eigenvalue weighted by atomic mass is 9.86. The third kappa shape index (κ3) is 3.94. The minimum absolute atomic E-state index is 0.000140. The van der Waals surface area contributed by atoms with Crippen molar-refractivity contribution in [1.29, 1.82) is 0 Å². The summed E-state index contributed by atoms with van der Waals surface area (Å²) in [5.74, 6) is -0.000140. The standard InChI is InChI=1S/C19H20F3N/c20-19(21,22)18-9-5-4-8-17(18)16-10-12-23(13-11-16)14-15-6-2-1-3-7-15/h1-9,16H,10-14H2. The third-order valence-corrected chi connectivity index (χ3v) is 4.54. The number of nitrogens with zero attached hydrogens (tertiary/aromatic N) is 1. The van der Waals surface area contributed by atoms with Gasteiger partial charge in [-0.1, -0.05) is 48.5 Å². The normalized spacial score (nSPS) is 17.3. The molecule has 2 aromatic carbocycles. The Labute approximate surface area is 134 Å². The van der Waals surface area contributed by atoms with Gasteiger partial charge in [0.25, 0.3) is 0 Å². The number of hydrogen-bond acceptors (Lipinski definition) is 1. The van der Waals surface area contributed by atoms with Gasteiger partial charge in [-0.2, -0.15) is 13.2 Å². The Morgan fingerprint density at radius 1 is 0.870 bits per heavy atom. The number of likely N-dealkylation sites (tertiary alicyclic amines) is 1. The summed E-state index contributed by atoms with van der Waals surface area (Å²) in [4.78, 5) is 2.32. The SMILES string of the molecule is FC(F)(F)c1ccccc1C1CCN(Cc2ccccc2)CC1. The van der Waals surface area contributed by atoms with Crippen molar-refractivity contribution in [2.24, 2.45) is 0 Å². The molecule has 1 aliphatic rings. The van der Waals surface area contributed by atoms with Gasteiger partial charge in [-0.15, -0.1) is 0 Å². The molecule has 1 saturated heterocycles. The average molecular weight is 319 g/mol. The van der Waals surface area contributed by atoms with Crippen LogP contribution in [0.2, 0.25) is 0 Å². The predicted octanol–water partition coefficient (Wildman–Crippen LogP) is 5.09. The molecule has 1 fully saturated rings. The van der Waals surface area contributed by atoms with E-state index in [0.29, 0.717) is 5.56 Å². The monoisotopic (exact) mass is 319 g/mol. The summed E-state index contributed by atoms with van der Waals surface area (Å²) in [6.07, 6.45) is -2.71. The number of piperidine rings is 1. The molecule has 1 aliphatic heterocycles. The van der Waals surface area contributed by atoms with E-state index in [1.807, 2.05) is 18.2 Å². The molecule has 0 unspecified atom stereocenters. The molecule has 0 bridgehead atoms. The van der Waals surface area contributed by atoms with Gasteiger partial charge < -0.3 is 0 Å². The van der Waals surface area contributed by atoms with E-state index in [4.69, 9.17) is 0 Å². The van der Waals surface area contributed by atoms with Gasteiger partial charge in [0.05, 0.1) is 5.56 Å². The van der Waals surface area contributed by atoms with E-state index in [0.717, 1.165) is 32.5 Å². The Hall–Kier alpha value is -1.81. The van der Waals surface area contributed by atoms with Crippen LogP contribution in [0.5, 0.6) is 0 Å². The second kappa shape index (κ2) is 6.75. The van der Waals surface area contributed by atoms with Crippen LogP contribution in [0.25, 0.3) is 0 Å². The number of alkyl halides is 3. The Morgan fingerprint density at radius 2 is 1.48 bits per heavy atom. The van der Waals surface area contributed by atoms with Gasteiger partial charge in [-0.25, -0.2) is 0 Å². The highest BCUT2D eigenvalue weighted by molar-refractivity contribution is 5.33. The summed E-state index contributed by atoms with van der Waals surface area (Å²) >= 11 is 0. The summed E-state index contributed by atoms with van der Waals surface area (Å²) in [5, 5.41) is 0. The van der Waals surface area contributed by atoms with Crippen LogP contribution in [0.4, 0.5) is 13.2 Å². The summed E-state index contributed by atoms with van der Waals surface area (Å²) in [7, 11) is 0. The van der Waals surface area contributed by atoms with Crippen molar-refractivity contribution in [3.63, 3.8) is 0 Å². The molecular formula is C19H20F3N. The maximum absolute atomic E-state index is 13.2. The molecule has 0 spiro atoms. The van der Waals surface area contributed by atoms with Crippen LogP contribution in [0.15, 0.2) is 54.6 Å². The minimum atomic E-state index is -4.27. The van der Waals surface area contributed by atoms with Gasteiger partial charge >= 0.3 is 6.18 Å². The van der Waals surface area contributed by atoms with E-state index in [1.165, 1.54) is 17.7 Å². The zero-order valence-corrected chi connectivity index (χ0v) is 12.9. The zero-order valence-electron chi connectivity index (χ0n) is 12.9. The van der Waals surface area contributed by atoms with E-state index in [1.54, 1.807) is 12.1 Å². The fourth-order valence-corrected chi connectivity index (χ4v) is 3.35. The Balaban J connectivity index is 1.66. The molecule has 0 aromatic heterocycles. The van der Waals surface area contributed by atoms with Crippen LogP contribution in [-0.4, -0.2) is 18.0 Å². The van der Waals surface area contributed by atoms with Gasteiger partial charge in [-0.3, -0.25) is 4.90 Å². The van der Waals surface area contributed by atoms with Crippen LogP contribution in [0.1, 0.15) is 35.4 Å². The van der Waals surface area contributed by atoms with E-state index in [2.05, 4.69) is 17.0 Å². The molecule has 122 valence electrons. The maximum Gasteiger partial charge on any atom is 0.416 e. The highest BCUT2D eigenvalue weighted by atomic mass is 19.4. The second-order valence-electron chi connectivity index (χ2n) is 6.12. The largest absolute Gasteiger partial charge is 0.416 e. The fourth-order valence-electron chi connectivity index (χ4n) is 3.35. The van der Waals surface area contributed by atoms with E-state index >= 15 is 0 Å². The van der Waals surface area contributed by atoms with Gasteiger partial charge in [-0.05, 0) is 49.0 Å². The molecule has 4 heteroatoms. The molecule has 0 aliphatic carbocycles. The number of hydrogen-bond donors (Lipinski definition) is 0. The van der Waals surface area contributed by atoms with Crippen LogP contribution in [-0.2, 0) is 12.7 Å². The lowest BCUT2D eigenvalue weighted by Gasteiger charge is -2.33. The topological polar surface area (TPSA) is 3.24 Å². The van der Waals surface area contributed by atoms with Crippen molar-refractivity contribution < 1.29 is 13.2 Å². The molecule has 0 N–H and O–H groups in total. The van der Waals surface area contributed by atoms with Crippen LogP contribution >= 0.6 is 0 Å². The van der Waals surface area contributed by atoms with Crippen molar-refractivity contribution in [2.75, 3.05) is 13.1 Å². The highest BCUT2D eigenvalue weighted by Gasteiger charge is 2.35. The molecule has 1 heterocycles. The zero-order chi connectivity index (χ0) is 16.3. The molecule has 0 radical (unpaired) electrons. The van der Waals surface area contributed by atoms with Crippen molar-refractivity contribution in [3.8, 4) is 0 Å². The lowest BCUT2D eigenvalue weighted by Crippen LogP contribution is -2.33. The quantitative estimate of drug-likeness (QED) is 0.762. The van der Waals surface area contributed by atoms with Gasteiger partial charge in [0, 0.05) is 6.54 Å². The van der Waals surface area contributed by atoms with E-state index in [9.17, 15) is 13.2 Å². The highest BCUT2D eigenvalue weighted by Crippen LogP contribution is 2.38. The molecule has 1 nitrogen and oxygen atoms in total. The first-order chi connectivity index (χ1) is 11.0. The molecule has 23 heavy (non-hydrogen) atoms. The molecule has 0 amide bonds. The summed E-state index contributed by atoms with van der Waals surface area (Å²) in [5.41, 5.74) is 1.24. The molecule has 0 saturated carbocycles. The van der Waals surface area contributed by atoms with E-state index < -0.39 is 11.7 Å². The van der Waals surface area contributed by atoms with E-state index in [-0.39, 0.29) is 5.92 Å². The fraction of sp³-hybridized carbons (Fsp3) is 0.368. The average Bonchev–Trinajstić information content (AvgIpc) is 2.56. The van der Waals surface area contributed by atoms with Crippen molar-refractivity contribution >= 4 is 0 Å². The van der Waals surface area contributed by atoms with Crippen molar-refractivity contribution in [2.45, 2.75) is 31.5 Å². The predicted molar refractivity (Wildman–Crippen MR) is 85.1 cm³/mol. The van der Waals surface area contributed by atoms with Gasteiger partial charge in [0.15, 0.2) is 0 Å². The molecule has 0 atom stereocenters. The van der Waals surface area contributed by atoms with Crippen molar-refractivity contribution in [1.82, 2.24) is 4.90 Å². The number of rotatable bonds is 3. The molecule has 2 aromatic rings. The smallest absolute Gasteiger partial charge is 0.299 e. The number of benzene rings is 2. The van der Waals surface area contributed by atoms with Crippen LogP contribution in [0, 0.1) is 0 Å². The summed E-state index contributed by atoms with van der Waals surface area (Å²) in [6, 6.07) is 16.2. The number of halogens is 3. The molecular weight excluding hydrogens is 299 g/mol. The Morgan fingerprint density at radius 3 is 2.13 bits per heavy atom. The molecule has 3 rings (SSSR count). The Kier molecular flexibility index (Phi) is 4.71. The lowest BCUT2D eigenvalue weighted by molar-refractivity contribution is -0.138. The summed E-state index contributed by atoms with van der Waals surface area (Å²) in [6.45, 7) is 2.55. The maximum atomic E-state index is 13.2. The van der Waals surface area contributed by atoms with Crippen LogP contribution in [0.3, 0.4) is 0 Å². The first kappa shape index (κ1) is 16.1. The first-order valence-electron chi connectivity index (χ1n) is 7.96. The first-order valence-corrected chi connectivity index (χ1v) is 7.96. The Bertz CT molecular complexity index is 629.